The number of aromatic hydroxyl groups is 1. The van der Waals surface area contributed by atoms with E-state index in [1.54, 1.807) is 18.3 Å². The van der Waals surface area contributed by atoms with Crippen molar-refractivity contribution in [1.82, 2.24) is 9.97 Å². The van der Waals surface area contributed by atoms with E-state index >= 15 is 4.39 Å². The molecule has 0 aliphatic heterocycles. The number of nitrogens with zero attached hydrogens (tertiary/aromatic N) is 2. The Morgan fingerprint density at radius 2 is 1.48 bits per heavy atom. The first-order valence-electron chi connectivity index (χ1n) is 16.0. The number of hydrogen-bond donors (Lipinski definition) is 1. The Morgan fingerprint density at radius 1 is 0.750 bits per heavy atom. The summed E-state index contributed by atoms with van der Waals surface area (Å²) in [4.78, 5) is 9.74. The second kappa shape index (κ2) is 14.2. The van der Waals surface area contributed by atoms with Crippen LogP contribution in [0.1, 0.15) is 89.2 Å². The monoisotopic (exact) mass is 766 g/mol. The third kappa shape index (κ3) is 6.11. The van der Waals surface area contributed by atoms with Crippen molar-refractivity contribution >= 4 is 10.8 Å². The average Bonchev–Trinajstić information content (AvgIpc) is 3.31. The molecule has 1 aliphatic carbocycles. The van der Waals surface area contributed by atoms with Crippen molar-refractivity contribution in [3.8, 4) is 39.5 Å². The maximum absolute atomic E-state index is 15.2. The molecule has 44 heavy (non-hydrogen) atoms. The van der Waals surface area contributed by atoms with Gasteiger partial charge in [0.1, 0.15) is 5.75 Å². The summed E-state index contributed by atoms with van der Waals surface area (Å²) in [6.07, 6.45) is 13.4. The number of phenolic OH excluding ortho intramolecular Hbond substituents is 1. The van der Waals surface area contributed by atoms with E-state index in [9.17, 15) is 5.11 Å². The minimum atomic E-state index is -0.367. The Bertz CT molecular complexity index is 1740. The molecule has 5 aromatic rings. The normalized spacial score (nSPS) is 13.0. The van der Waals surface area contributed by atoms with E-state index in [0.29, 0.717) is 22.5 Å². The van der Waals surface area contributed by atoms with Gasteiger partial charge in [0.05, 0.1) is 11.5 Å². The zero-order chi connectivity index (χ0) is 29.8. The number of phenols is 1. The van der Waals surface area contributed by atoms with E-state index in [1.165, 1.54) is 55.7 Å². The molecule has 1 aliphatic rings. The van der Waals surface area contributed by atoms with Gasteiger partial charge in [0.25, 0.3) is 0 Å². The number of aromatic nitrogens is 2. The zero-order valence-electron chi connectivity index (χ0n) is 25.6. The number of rotatable bonds is 12. The predicted molar refractivity (Wildman–Crippen MR) is 175 cm³/mol. The number of halogens is 1. The molecule has 2 aromatic heterocycles. The third-order valence-electron chi connectivity index (χ3n) is 9.18. The van der Waals surface area contributed by atoms with Crippen LogP contribution >= 0.6 is 0 Å². The molecule has 5 heteroatoms. The summed E-state index contributed by atoms with van der Waals surface area (Å²) < 4.78 is 15.2. The first-order chi connectivity index (χ1) is 21.1. The fourth-order valence-corrected chi connectivity index (χ4v) is 6.92. The number of benzene rings is 3. The molecule has 0 atom stereocenters. The Kier molecular flexibility index (Phi) is 10.3. The topological polar surface area (TPSA) is 46.0 Å². The summed E-state index contributed by atoms with van der Waals surface area (Å²) >= 11 is 0. The Hall–Kier alpha value is -3.36. The fraction of sp³-hybridized carbons (Fsp3) is 0.333. The molecule has 2 heterocycles. The molecule has 3 nitrogen and oxygen atoms in total. The largest absolute Gasteiger partial charge is 0.507 e. The van der Waals surface area contributed by atoms with Gasteiger partial charge in [-0.2, -0.15) is 0 Å². The molecule has 0 amide bonds. The summed E-state index contributed by atoms with van der Waals surface area (Å²) in [5.74, 6) is -0.0922. The number of unbranched alkanes of at least 4 members (excludes halogenated alkanes) is 6. The molecule has 6 rings (SSSR count). The second-order valence-electron chi connectivity index (χ2n) is 12.0. The summed E-state index contributed by atoms with van der Waals surface area (Å²) in [6, 6.07) is 26.6. The Balaban J connectivity index is 0.00000384. The Morgan fingerprint density at radius 3 is 2.20 bits per heavy atom. The van der Waals surface area contributed by atoms with Crippen molar-refractivity contribution < 1.29 is 30.6 Å². The first-order valence-corrected chi connectivity index (χ1v) is 16.0. The Labute approximate surface area is 275 Å². The summed E-state index contributed by atoms with van der Waals surface area (Å²) in [5.41, 5.74) is 6.23. The van der Waals surface area contributed by atoms with Crippen molar-refractivity contribution in [3.63, 3.8) is 0 Å². The van der Waals surface area contributed by atoms with Crippen LogP contribution in [-0.2, 0) is 26.5 Å². The van der Waals surface area contributed by atoms with Gasteiger partial charge in [-0.05, 0) is 40.8 Å². The quantitative estimate of drug-likeness (QED) is 0.102. The molecule has 230 valence electrons. The molecule has 0 saturated carbocycles. The maximum Gasteiger partial charge on any atom is 0.125 e. The van der Waals surface area contributed by atoms with Gasteiger partial charge in [-0.25, -0.2) is 0 Å². The third-order valence-corrected chi connectivity index (χ3v) is 9.18. The molecule has 0 saturated heterocycles. The van der Waals surface area contributed by atoms with Crippen LogP contribution < -0.4 is 0 Å². The maximum atomic E-state index is 15.2. The zero-order valence-corrected chi connectivity index (χ0v) is 27.9. The van der Waals surface area contributed by atoms with Gasteiger partial charge in [0.2, 0.25) is 0 Å². The van der Waals surface area contributed by atoms with E-state index in [0.717, 1.165) is 47.7 Å². The first kappa shape index (κ1) is 32.0. The molecule has 0 unspecified atom stereocenters. The number of hydrogen-bond acceptors (Lipinski definition) is 3. The summed E-state index contributed by atoms with van der Waals surface area (Å²) in [5, 5.41) is 13.2. The smallest absolute Gasteiger partial charge is 0.125 e. The van der Waals surface area contributed by atoms with Crippen LogP contribution in [0.4, 0.5) is 4.39 Å². The summed E-state index contributed by atoms with van der Waals surface area (Å²) in [7, 11) is 0. The van der Waals surface area contributed by atoms with Gasteiger partial charge in [-0.3, -0.25) is 14.4 Å². The molecule has 0 fully saturated rings. The van der Waals surface area contributed by atoms with Crippen LogP contribution in [0, 0.1) is 11.9 Å². The molecule has 3 aromatic carbocycles. The van der Waals surface area contributed by atoms with Crippen molar-refractivity contribution in [2.24, 2.45) is 0 Å². The molecule has 1 N–H and O–H groups in total. The molecular formula is C39H40FN2OPt-. The van der Waals surface area contributed by atoms with Crippen LogP contribution in [0.25, 0.3) is 44.5 Å². The number of pyridine rings is 2. The molecule has 0 radical (unpaired) electrons. The summed E-state index contributed by atoms with van der Waals surface area (Å²) in [6.45, 7) is 4.50. The molecule has 0 bridgehead atoms. The van der Waals surface area contributed by atoms with Gasteiger partial charge in [0, 0.05) is 49.6 Å². The van der Waals surface area contributed by atoms with E-state index in [2.05, 4.69) is 43.1 Å². The van der Waals surface area contributed by atoms with Crippen LogP contribution in [0.2, 0.25) is 0 Å². The second-order valence-corrected chi connectivity index (χ2v) is 12.0. The van der Waals surface area contributed by atoms with Crippen molar-refractivity contribution in [3.05, 3.63) is 102 Å². The van der Waals surface area contributed by atoms with Crippen molar-refractivity contribution in [2.45, 2.75) is 83.5 Å². The van der Waals surface area contributed by atoms with Crippen molar-refractivity contribution in [1.29, 1.82) is 0 Å². The number of fused-ring (bicyclic) bond motifs is 4. The van der Waals surface area contributed by atoms with E-state index < -0.39 is 0 Å². The standard InChI is InChI=1S/C39H40FN2O.Pt/c1-3-5-7-11-22-39(23-12-8-6-4-2)31-16-13-17-36(43)37(31)38-32(39)19-21-34(42-38)28-18-20-33(40)30(24-28)35-25-27-14-9-10-15-29(27)26-41-35;/h9-10,13-21,25-26,43H,3-8,11-12,22-23H2,1-2H3;/q-1;. The molecule has 0 spiro atoms. The van der Waals surface area contributed by atoms with Gasteiger partial charge in [0.15, 0.2) is 0 Å². The van der Waals surface area contributed by atoms with Gasteiger partial charge in [-0.1, -0.05) is 137 Å². The van der Waals surface area contributed by atoms with Gasteiger partial charge < -0.3 is 5.11 Å². The molecular weight excluding hydrogens is 727 g/mol. The fourth-order valence-electron chi connectivity index (χ4n) is 6.92. The minimum absolute atomic E-state index is 0. The van der Waals surface area contributed by atoms with Crippen LogP contribution in [0.3, 0.4) is 0 Å². The van der Waals surface area contributed by atoms with E-state index in [4.69, 9.17) is 4.98 Å². The SMILES string of the molecule is CCCCCCC1(CCCCCC)c2ccc(-c3[c-]c(-c4cc5ccccc5cn4)c(F)cc3)nc2-c2c(O)cccc21.[Pt]. The van der Waals surface area contributed by atoms with Crippen LogP contribution in [-0.4, -0.2) is 15.1 Å². The van der Waals surface area contributed by atoms with Crippen molar-refractivity contribution in [2.75, 3.05) is 0 Å². The van der Waals surface area contributed by atoms with E-state index in [-0.39, 0.29) is 38.0 Å². The van der Waals surface area contributed by atoms with Gasteiger partial charge in [-0.15, -0.1) is 12.1 Å². The van der Waals surface area contributed by atoms with Crippen LogP contribution in [0.15, 0.2) is 79.0 Å². The van der Waals surface area contributed by atoms with Crippen LogP contribution in [0.5, 0.6) is 5.75 Å². The minimum Gasteiger partial charge on any atom is -0.507 e. The van der Waals surface area contributed by atoms with E-state index in [1.807, 2.05) is 36.4 Å². The predicted octanol–water partition coefficient (Wildman–Crippen LogP) is 10.8. The average molecular weight is 767 g/mol. The van der Waals surface area contributed by atoms with Gasteiger partial charge >= 0.3 is 0 Å².